The van der Waals surface area contributed by atoms with Gasteiger partial charge in [0.1, 0.15) is 0 Å². The van der Waals surface area contributed by atoms with Gasteiger partial charge in [-0.05, 0) is 44.7 Å². The molecule has 2 heterocycles. The highest BCUT2D eigenvalue weighted by Gasteiger charge is 2.18. The Morgan fingerprint density at radius 1 is 1.39 bits per heavy atom. The van der Waals surface area contributed by atoms with Crippen LogP contribution in [0.5, 0.6) is 0 Å². The van der Waals surface area contributed by atoms with Crippen LogP contribution in [0.3, 0.4) is 0 Å². The molecule has 0 atom stereocenters. The normalized spacial score (nSPS) is 17.0. The van der Waals surface area contributed by atoms with E-state index in [0.29, 0.717) is 0 Å². The van der Waals surface area contributed by atoms with Crippen molar-refractivity contribution in [3.8, 4) is 0 Å². The van der Waals surface area contributed by atoms with Crippen molar-refractivity contribution in [1.29, 1.82) is 0 Å². The molecule has 2 rings (SSSR count). The average Bonchev–Trinajstić information content (AvgIpc) is 2.88. The summed E-state index contributed by atoms with van der Waals surface area (Å²) in [6.45, 7) is 9.12. The lowest BCUT2D eigenvalue weighted by Gasteiger charge is -2.29. The molecule has 102 valence electrons. The summed E-state index contributed by atoms with van der Waals surface area (Å²) in [7, 11) is 0. The first kappa shape index (κ1) is 13.8. The summed E-state index contributed by atoms with van der Waals surface area (Å²) in [5.41, 5.74) is 1.24. The summed E-state index contributed by atoms with van der Waals surface area (Å²) in [5, 5.41) is 6.88. The fourth-order valence-corrected chi connectivity index (χ4v) is 3.46. The van der Waals surface area contributed by atoms with E-state index in [1.165, 1.54) is 49.7 Å². The van der Waals surface area contributed by atoms with E-state index in [4.69, 9.17) is 4.98 Å². The molecule has 3 nitrogen and oxygen atoms in total. The molecule has 0 aromatic carbocycles. The van der Waals surface area contributed by atoms with E-state index in [1.54, 1.807) is 0 Å². The average molecular weight is 267 g/mol. The Morgan fingerprint density at radius 3 is 2.78 bits per heavy atom. The van der Waals surface area contributed by atoms with Crippen LogP contribution in [0.25, 0.3) is 0 Å². The van der Waals surface area contributed by atoms with E-state index in [0.717, 1.165) is 18.9 Å². The molecule has 0 saturated carbocycles. The topological polar surface area (TPSA) is 28.2 Å². The summed E-state index contributed by atoms with van der Waals surface area (Å²) in [6, 6.07) is 0. The molecule has 0 aliphatic carbocycles. The third-order valence-corrected chi connectivity index (χ3v) is 4.55. The highest BCUT2D eigenvalue weighted by atomic mass is 32.1. The third-order valence-electron chi connectivity index (χ3n) is 3.60. The lowest BCUT2D eigenvalue weighted by atomic mass is 9.97. The van der Waals surface area contributed by atoms with Crippen molar-refractivity contribution < 1.29 is 0 Å². The van der Waals surface area contributed by atoms with Crippen LogP contribution in [0.4, 0.5) is 5.13 Å². The summed E-state index contributed by atoms with van der Waals surface area (Å²) >= 11 is 1.81. The minimum Gasteiger partial charge on any atom is -0.348 e. The largest absolute Gasteiger partial charge is 0.348 e. The molecule has 1 aromatic heterocycles. The van der Waals surface area contributed by atoms with E-state index in [2.05, 4.69) is 29.4 Å². The van der Waals surface area contributed by atoms with E-state index in [9.17, 15) is 0 Å². The van der Waals surface area contributed by atoms with Crippen molar-refractivity contribution in [3.63, 3.8) is 0 Å². The second kappa shape index (κ2) is 7.10. The molecule has 0 unspecified atom stereocenters. The molecule has 1 aliphatic rings. The molecule has 0 bridgehead atoms. The van der Waals surface area contributed by atoms with Crippen LogP contribution in [0.1, 0.15) is 38.8 Å². The number of thiazole rings is 1. The number of nitrogens with zero attached hydrogens (tertiary/aromatic N) is 2. The summed E-state index contributed by atoms with van der Waals surface area (Å²) < 4.78 is 0. The second-order valence-electron chi connectivity index (χ2n) is 5.11. The van der Waals surface area contributed by atoms with Gasteiger partial charge in [-0.3, -0.25) is 0 Å². The molecule has 4 heteroatoms. The molecule has 0 spiro atoms. The predicted molar refractivity (Wildman–Crippen MR) is 79.6 cm³/mol. The standard InChI is InChI=1S/C14H25N3S/c1-3-9-17(10-12-5-7-15-8-6-12)14-16-13(4-2)11-18-14/h11-12,15H,3-10H2,1-2H3. The van der Waals surface area contributed by atoms with Crippen molar-refractivity contribution in [3.05, 3.63) is 11.1 Å². The zero-order valence-corrected chi connectivity index (χ0v) is 12.4. The molecule has 1 N–H and O–H groups in total. The van der Waals surface area contributed by atoms with Gasteiger partial charge >= 0.3 is 0 Å². The smallest absolute Gasteiger partial charge is 0.185 e. The Kier molecular flexibility index (Phi) is 5.45. The number of aromatic nitrogens is 1. The maximum atomic E-state index is 4.74. The van der Waals surface area contributed by atoms with Crippen molar-refractivity contribution in [2.45, 2.75) is 39.5 Å². The van der Waals surface area contributed by atoms with Crippen LogP contribution >= 0.6 is 11.3 Å². The fourth-order valence-electron chi connectivity index (χ4n) is 2.51. The highest BCUT2D eigenvalue weighted by Crippen LogP contribution is 2.24. The van der Waals surface area contributed by atoms with Crippen molar-refractivity contribution in [2.75, 3.05) is 31.1 Å². The SMILES string of the molecule is CCCN(CC1CCNCC1)c1nc(CC)cs1. The summed E-state index contributed by atoms with van der Waals surface area (Å²) in [4.78, 5) is 7.24. The van der Waals surface area contributed by atoms with Crippen LogP contribution in [-0.4, -0.2) is 31.2 Å². The molecule has 1 aromatic rings. The predicted octanol–water partition coefficient (Wildman–Crippen LogP) is 2.92. The van der Waals surface area contributed by atoms with Crippen molar-refractivity contribution >= 4 is 16.5 Å². The fraction of sp³-hybridized carbons (Fsp3) is 0.786. The van der Waals surface area contributed by atoms with Gasteiger partial charge in [0.15, 0.2) is 5.13 Å². The van der Waals surface area contributed by atoms with Crippen molar-refractivity contribution in [1.82, 2.24) is 10.3 Å². The Bertz CT molecular complexity index is 345. The monoisotopic (exact) mass is 267 g/mol. The lowest BCUT2D eigenvalue weighted by Crippen LogP contribution is -2.36. The van der Waals surface area contributed by atoms with Gasteiger partial charge in [-0.2, -0.15) is 0 Å². The van der Waals surface area contributed by atoms with Gasteiger partial charge in [0.05, 0.1) is 5.69 Å². The van der Waals surface area contributed by atoms with Crippen LogP contribution < -0.4 is 10.2 Å². The molecular formula is C14H25N3S. The number of nitrogens with one attached hydrogen (secondary N) is 1. The molecule has 0 amide bonds. The zero-order valence-electron chi connectivity index (χ0n) is 11.6. The first-order valence-electron chi connectivity index (χ1n) is 7.23. The van der Waals surface area contributed by atoms with E-state index in [1.807, 2.05) is 11.3 Å². The number of piperidine rings is 1. The summed E-state index contributed by atoms with van der Waals surface area (Å²) in [5.74, 6) is 0.840. The number of aryl methyl sites for hydroxylation is 1. The van der Waals surface area contributed by atoms with Gasteiger partial charge in [0, 0.05) is 18.5 Å². The Balaban J connectivity index is 1.97. The minimum absolute atomic E-state index is 0.840. The van der Waals surface area contributed by atoms with Crippen LogP contribution in [-0.2, 0) is 6.42 Å². The first-order chi connectivity index (χ1) is 8.83. The number of rotatable bonds is 6. The maximum Gasteiger partial charge on any atom is 0.185 e. The minimum atomic E-state index is 0.840. The molecular weight excluding hydrogens is 242 g/mol. The second-order valence-corrected chi connectivity index (χ2v) is 5.95. The Morgan fingerprint density at radius 2 is 2.17 bits per heavy atom. The number of hydrogen-bond donors (Lipinski definition) is 1. The van der Waals surface area contributed by atoms with Gasteiger partial charge in [-0.25, -0.2) is 4.98 Å². The third kappa shape index (κ3) is 3.69. The quantitative estimate of drug-likeness (QED) is 0.859. The molecule has 1 fully saturated rings. The summed E-state index contributed by atoms with van der Waals surface area (Å²) in [6.07, 6.45) is 4.87. The van der Waals surface area contributed by atoms with Gasteiger partial charge in [-0.15, -0.1) is 11.3 Å². The number of hydrogen-bond acceptors (Lipinski definition) is 4. The molecule has 18 heavy (non-hydrogen) atoms. The van der Waals surface area contributed by atoms with Crippen LogP contribution in [0.15, 0.2) is 5.38 Å². The van der Waals surface area contributed by atoms with E-state index < -0.39 is 0 Å². The highest BCUT2D eigenvalue weighted by molar-refractivity contribution is 7.13. The first-order valence-corrected chi connectivity index (χ1v) is 8.11. The van der Waals surface area contributed by atoms with Crippen LogP contribution in [0.2, 0.25) is 0 Å². The Labute approximate surface area is 115 Å². The maximum absolute atomic E-state index is 4.74. The van der Waals surface area contributed by atoms with Crippen molar-refractivity contribution in [2.24, 2.45) is 5.92 Å². The number of anilines is 1. The Hall–Kier alpha value is -0.610. The zero-order chi connectivity index (χ0) is 12.8. The van der Waals surface area contributed by atoms with Gasteiger partial charge in [-0.1, -0.05) is 13.8 Å². The van der Waals surface area contributed by atoms with Crippen LogP contribution in [0, 0.1) is 5.92 Å². The van der Waals surface area contributed by atoms with E-state index in [-0.39, 0.29) is 0 Å². The lowest BCUT2D eigenvalue weighted by molar-refractivity contribution is 0.373. The molecule has 0 radical (unpaired) electrons. The van der Waals surface area contributed by atoms with Gasteiger partial charge in [0.2, 0.25) is 0 Å². The van der Waals surface area contributed by atoms with Gasteiger partial charge < -0.3 is 10.2 Å². The molecule has 1 aliphatic heterocycles. The molecule has 1 saturated heterocycles. The van der Waals surface area contributed by atoms with Gasteiger partial charge in [0.25, 0.3) is 0 Å². The van der Waals surface area contributed by atoms with E-state index >= 15 is 0 Å².